The van der Waals surface area contributed by atoms with Gasteiger partial charge in [0.05, 0.1) is 31.5 Å². The molecule has 0 bridgehead atoms. The number of amides is 2. The summed E-state index contributed by atoms with van der Waals surface area (Å²) in [6.45, 7) is 0.570. The molecule has 3 rings (SSSR count). The molecule has 1 saturated heterocycles. The third-order valence-electron chi connectivity index (χ3n) is 4.23. The van der Waals surface area contributed by atoms with E-state index >= 15 is 0 Å². The number of fused-ring (bicyclic) bond motifs is 2. The summed E-state index contributed by atoms with van der Waals surface area (Å²) in [7, 11) is 5.99. The van der Waals surface area contributed by atoms with Crippen LogP contribution < -0.4 is 9.64 Å². The van der Waals surface area contributed by atoms with Crippen LogP contribution in [0.3, 0.4) is 0 Å². The fourth-order valence-electron chi connectivity index (χ4n) is 3.15. The van der Waals surface area contributed by atoms with E-state index in [0.717, 1.165) is 11.3 Å². The first-order chi connectivity index (χ1) is 12.0. The van der Waals surface area contributed by atoms with E-state index in [1.54, 1.807) is 37.3 Å². The van der Waals surface area contributed by atoms with Crippen LogP contribution in [0.2, 0.25) is 0 Å². The van der Waals surface area contributed by atoms with Crippen LogP contribution in [0.4, 0.5) is 10.5 Å². The summed E-state index contributed by atoms with van der Waals surface area (Å²) in [4.78, 5) is 27.6. The van der Waals surface area contributed by atoms with E-state index in [4.69, 9.17) is 9.47 Å². The molecule has 0 aromatic heterocycles. The van der Waals surface area contributed by atoms with Gasteiger partial charge in [-0.05, 0) is 25.0 Å². The highest BCUT2D eigenvalue weighted by Crippen LogP contribution is 2.36. The number of nitrogens with zero attached hydrogens (tertiary/aromatic N) is 2. The number of benzene rings is 1. The van der Waals surface area contributed by atoms with E-state index in [-0.39, 0.29) is 5.91 Å². The summed E-state index contributed by atoms with van der Waals surface area (Å²) in [5.41, 5.74) is 0.660. The van der Waals surface area contributed by atoms with Gasteiger partial charge in [0.15, 0.2) is 6.23 Å². The largest absolute Gasteiger partial charge is 0.497 e. The zero-order chi connectivity index (χ0) is 18.6. The Balaban J connectivity index is 0.000000701. The fraction of sp³-hybridized carbons (Fsp3) is 0.529. The van der Waals surface area contributed by atoms with Crippen LogP contribution in [0.25, 0.3) is 0 Å². The minimum Gasteiger partial charge on any atom is -0.497 e. The molecule has 2 atom stereocenters. The summed E-state index contributed by atoms with van der Waals surface area (Å²) >= 11 is 0. The molecule has 1 fully saturated rings. The number of rotatable bonds is 1. The number of hydrogen-bond acceptors (Lipinski definition) is 6. The number of aliphatic hydroxyl groups is 1. The van der Waals surface area contributed by atoms with Crippen molar-refractivity contribution >= 4 is 17.7 Å². The molecule has 2 aliphatic heterocycles. The Kier molecular flexibility index (Phi) is 6.22. The van der Waals surface area contributed by atoms with Crippen LogP contribution in [-0.2, 0) is 9.47 Å². The van der Waals surface area contributed by atoms with E-state index in [2.05, 4.69) is 4.74 Å². The Morgan fingerprint density at radius 1 is 1.24 bits per heavy atom. The molecule has 1 N–H and O–H groups in total. The van der Waals surface area contributed by atoms with Gasteiger partial charge in [-0.3, -0.25) is 4.79 Å². The monoisotopic (exact) mass is 352 g/mol. The molecule has 2 heterocycles. The maximum atomic E-state index is 12.7. The van der Waals surface area contributed by atoms with Crippen molar-refractivity contribution < 1.29 is 28.9 Å². The van der Waals surface area contributed by atoms with Crippen LogP contribution in [0.5, 0.6) is 5.75 Å². The van der Waals surface area contributed by atoms with Gasteiger partial charge in [-0.25, -0.2) is 9.69 Å². The van der Waals surface area contributed by atoms with E-state index in [9.17, 15) is 14.7 Å². The van der Waals surface area contributed by atoms with E-state index in [1.165, 1.54) is 14.2 Å². The summed E-state index contributed by atoms with van der Waals surface area (Å²) in [5.74, 6) is 0.306. The molecule has 2 aliphatic rings. The second-order valence-electron chi connectivity index (χ2n) is 5.75. The molecule has 25 heavy (non-hydrogen) atoms. The molecule has 0 radical (unpaired) electrons. The highest BCUT2D eigenvalue weighted by Gasteiger charge is 2.44. The molecule has 8 heteroatoms. The second kappa shape index (κ2) is 8.17. The minimum atomic E-state index is -1.15. The predicted molar refractivity (Wildman–Crippen MR) is 90.9 cm³/mol. The molecule has 8 nitrogen and oxygen atoms in total. The van der Waals surface area contributed by atoms with Crippen LogP contribution in [-0.4, -0.2) is 69.3 Å². The molecule has 0 spiro atoms. The van der Waals surface area contributed by atoms with Gasteiger partial charge in [-0.1, -0.05) is 0 Å². The number of anilines is 1. The Labute approximate surface area is 146 Å². The van der Waals surface area contributed by atoms with Gasteiger partial charge < -0.3 is 24.2 Å². The molecular weight excluding hydrogens is 328 g/mol. The van der Waals surface area contributed by atoms with Crippen molar-refractivity contribution in [3.05, 3.63) is 23.8 Å². The van der Waals surface area contributed by atoms with Gasteiger partial charge in [0, 0.05) is 26.8 Å². The minimum absolute atomic E-state index is 0.189. The Bertz CT molecular complexity index is 636. The standard InChI is InChI=1S/C15H18N2O5.C2H6O/c1-21-9-5-6-10-12(8-9)17(15(20)22-2)14(19)11-4-3-7-16(11)13(10)18;1-3-2/h5-6,8,11,14,19H,3-4,7H2,1-2H3;1-2H3. The lowest BCUT2D eigenvalue weighted by Gasteiger charge is -2.31. The first kappa shape index (κ1) is 19.0. The van der Waals surface area contributed by atoms with Crippen LogP contribution in [0, 0.1) is 0 Å². The number of hydrogen-bond donors (Lipinski definition) is 1. The second-order valence-corrected chi connectivity index (χ2v) is 5.75. The molecule has 0 saturated carbocycles. The number of ether oxygens (including phenoxy) is 3. The van der Waals surface area contributed by atoms with E-state index < -0.39 is 18.4 Å². The number of aliphatic hydroxyl groups excluding tert-OH is 1. The number of carbonyl (C=O) groups is 2. The van der Waals surface area contributed by atoms with Gasteiger partial charge in [0.1, 0.15) is 5.75 Å². The first-order valence-electron chi connectivity index (χ1n) is 7.94. The smallest absolute Gasteiger partial charge is 0.416 e. The molecule has 0 aliphatic carbocycles. The average Bonchev–Trinajstić information content (AvgIpc) is 3.08. The zero-order valence-corrected chi connectivity index (χ0v) is 14.9. The first-order valence-corrected chi connectivity index (χ1v) is 7.94. The van der Waals surface area contributed by atoms with Crippen molar-refractivity contribution in [3.8, 4) is 5.75 Å². The van der Waals surface area contributed by atoms with Crippen molar-refractivity contribution in [2.75, 3.05) is 39.9 Å². The van der Waals surface area contributed by atoms with Crippen molar-refractivity contribution in [1.29, 1.82) is 0 Å². The SMILES string of the molecule is COC.COC(=O)N1c2cc(OC)ccc2C(=O)N2CCCC2C1O. The zero-order valence-electron chi connectivity index (χ0n) is 14.9. The Hall–Kier alpha value is -2.32. The molecule has 138 valence electrons. The van der Waals surface area contributed by atoms with Crippen molar-refractivity contribution in [3.63, 3.8) is 0 Å². The van der Waals surface area contributed by atoms with Crippen LogP contribution >= 0.6 is 0 Å². The van der Waals surface area contributed by atoms with Gasteiger partial charge in [-0.2, -0.15) is 0 Å². The van der Waals surface area contributed by atoms with Gasteiger partial charge in [0.25, 0.3) is 5.91 Å². The molecular formula is C17H24N2O6. The summed E-state index contributed by atoms with van der Waals surface area (Å²) in [5, 5.41) is 10.6. The normalized spacial score (nSPS) is 21.6. The maximum Gasteiger partial charge on any atom is 0.416 e. The lowest BCUT2D eigenvalue weighted by atomic mass is 10.1. The summed E-state index contributed by atoms with van der Waals surface area (Å²) in [6.07, 6.45) is -0.407. The van der Waals surface area contributed by atoms with E-state index in [1.807, 2.05) is 0 Å². The average molecular weight is 352 g/mol. The third-order valence-corrected chi connectivity index (χ3v) is 4.23. The summed E-state index contributed by atoms with van der Waals surface area (Å²) in [6, 6.07) is 4.41. The third kappa shape index (κ3) is 3.54. The highest BCUT2D eigenvalue weighted by atomic mass is 16.5. The maximum absolute atomic E-state index is 12.7. The van der Waals surface area contributed by atoms with Gasteiger partial charge in [0.2, 0.25) is 0 Å². The van der Waals surface area contributed by atoms with Crippen molar-refractivity contribution in [1.82, 2.24) is 4.90 Å². The quantitative estimate of drug-likeness (QED) is 0.823. The molecule has 1 aromatic rings. The Morgan fingerprint density at radius 3 is 2.52 bits per heavy atom. The van der Waals surface area contributed by atoms with Crippen LogP contribution in [0.1, 0.15) is 23.2 Å². The highest BCUT2D eigenvalue weighted by molar-refractivity contribution is 6.05. The van der Waals surface area contributed by atoms with Gasteiger partial charge >= 0.3 is 6.09 Å². The topological polar surface area (TPSA) is 88.5 Å². The number of carbonyl (C=O) groups excluding carboxylic acids is 2. The number of methoxy groups -OCH3 is 3. The fourth-order valence-corrected chi connectivity index (χ4v) is 3.15. The molecule has 1 aromatic carbocycles. The lowest BCUT2D eigenvalue weighted by molar-refractivity contribution is 0.0502. The van der Waals surface area contributed by atoms with E-state index in [0.29, 0.717) is 30.0 Å². The lowest BCUT2D eigenvalue weighted by Crippen LogP contribution is -2.50. The molecule has 2 unspecified atom stereocenters. The van der Waals surface area contributed by atoms with Gasteiger partial charge in [-0.15, -0.1) is 0 Å². The predicted octanol–water partition coefficient (Wildman–Crippen LogP) is 1.47. The Morgan fingerprint density at radius 2 is 1.92 bits per heavy atom. The van der Waals surface area contributed by atoms with Crippen molar-refractivity contribution in [2.24, 2.45) is 0 Å². The molecule has 2 amide bonds. The van der Waals surface area contributed by atoms with Crippen LogP contribution in [0.15, 0.2) is 18.2 Å². The summed E-state index contributed by atoms with van der Waals surface area (Å²) < 4.78 is 14.2. The van der Waals surface area contributed by atoms with Crippen molar-refractivity contribution in [2.45, 2.75) is 25.1 Å².